The van der Waals surface area contributed by atoms with Crippen LogP contribution in [0.4, 0.5) is 10.1 Å². The highest BCUT2D eigenvalue weighted by atomic mass is 79.9. The van der Waals surface area contributed by atoms with Crippen LogP contribution in [0.1, 0.15) is 40.0 Å². The Kier molecular flexibility index (Phi) is 4.00. The first-order chi connectivity index (χ1) is 8.35. The molecule has 0 bridgehead atoms. The normalized spacial score (nSPS) is 26.9. The van der Waals surface area contributed by atoms with Crippen LogP contribution in [0.15, 0.2) is 22.7 Å². The molecule has 1 aromatic rings. The van der Waals surface area contributed by atoms with Crippen molar-refractivity contribution < 1.29 is 4.39 Å². The van der Waals surface area contributed by atoms with Crippen molar-refractivity contribution in [2.24, 2.45) is 11.3 Å². The molecule has 0 aromatic heterocycles. The molecule has 0 saturated heterocycles. The number of anilines is 1. The zero-order chi connectivity index (χ0) is 13.3. The zero-order valence-corrected chi connectivity index (χ0v) is 12.8. The van der Waals surface area contributed by atoms with Gasteiger partial charge >= 0.3 is 0 Å². The molecule has 1 N–H and O–H groups in total. The van der Waals surface area contributed by atoms with Gasteiger partial charge in [0.1, 0.15) is 5.82 Å². The summed E-state index contributed by atoms with van der Waals surface area (Å²) in [5.41, 5.74) is 1.26. The van der Waals surface area contributed by atoms with Crippen molar-refractivity contribution >= 4 is 21.6 Å². The lowest BCUT2D eigenvalue weighted by molar-refractivity contribution is 0.178. The van der Waals surface area contributed by atoms with Crippen molar-refractivity contribution in [2.75, 3.05) is 5.32 Å². The molecule has 0 aliphatic heterocycles. The Morgan fingerprint density at radius 3 is 2.67 bits per heavy atom. The minimum atomic E-state index is -0.205. The minimum absolute atomic E-state index is 0.205. The largest absolute Gasteiger partial charge is 0.382 e. The molecule has 1 saturated carbocycles. The van der Waals surface area contributed by atoms with Crippen LogP contribution in [0, 0.1) is 17.2 Å². The van der Waals surface area contributed by atoms with E-state index in [1.165, 1.54) is 12.8 Å². The molecule has 0 spiro atoms. The summed E-state index contributed by atoms with van der Waals surface area (Å²) in [6, 6.07) is 5.70. The minimum Gasteiger partial charge on any atom is -0.382 e. The van der Waals surface area contributed by atoms with E-state index >= 15 is 0 Å². The van der Waals surface area contributed by atoms with Gasteiger partial charge in [0.15, 0.2) is 0 Å². The van der Waals surface area contributed by atoms with Crippen molar-refractivity contribution in [3.05, 3.63) is 28.5 Å². The fourth-order valence-electron chi connectivity index (χ4n) is 3.28. The average molecular weight is 314 g/mol. The summed E-state index contributed by atoms with van der Waals surface area (Å²) in [6.07, 6.45) is 3.59. The molecule has 18 heavy (non-hydrogen) atoms. The van der Waals surface area contributed by atoms with Gasteiger partial charge in [-0.2, -0.15) is 0 Å². The van der Waals surface area contributed by atoms with E-state index in [0.29, 0.717) is 15.9 Å². The zero-order valence-electron chi connectivity index (χ0n) is 11.3. The van der Waals surface area contributed by atoms with Crippen LogP contribution in [0.3, 0.4) is 0 Å². The van der Waals surface area contributed by atoms with Gasteiger partial charge in [0.25, 0.3) is 0 Å². The highest BCUT2D eigenvalue weighted by Crippen LogP contribution is 2.39. The Morgan fingerprint density at radius 1 is 1.33 bits per heavy atom. The molecule has 0 radical (unpaired) electrons. The van der Waals surface area contributed by atoms with Gasteiger partial charge in [-0.1, -0.05) is 20.8 Å². The molecule has 0 heterocycles. The second-order valence-corrected chi connectivity index (χ2v) is 7.24. The summed E-state index contributed by atoms with van der Waals surface area (Å²) < 4.78 is 14.0. The van der Waals surface area contributed by atoms with Crippen LogP contribution in [0.25, 0.3) is 0 Å². The van der Waals surface area contributed by atoms with Gasteiger partial charge < -0.3 is 5.32 Å². The Morgan fingerprint density at radius 2 is 2.06 bits per heavy atom. The summed E-state index contributed by atoms with van der Waals surface area (Å²) >= 11 is 3.18. The molecule has 3 heteroatoms. The summed E-state index contributed by atoms with van der Waals surface area (Å²) in [5.74, 6) is 0.523. The van der Waals surface area contributed by atoms with E-state index in [-0.39, 0.29) is 5.82 Å². The van der Waals surface area contributed by atoms with Gasteiger partial charge in [0, 0.05) is 11.7 Å². The molecule has 2 atom stereocenters. The third kappa shape index (κ3) is 3.47. The SMILES string of the molecule is CC1CC(Nc2ccc(Br)c(F)c2)CC(C)(C)C1. The van der Waals surface area contributed by atoms with Crippen LogP contribution < -0.4 is 5.32 Å². The van der Waals surface area contributed by atoms with Crippen LogP contribution in [-0.4, -0.2) is 6.04 Å². The number of rotatable bonds is 2. The van der Waals surface area contributed by atoms with Crippen molar-refractivity contribution in [1.29, 1.82) is 0 Å². The second-order valence-electron chi connectivity index (χ2n) is 6.38. The third-order valence-corrected chi connectivity index (χ3v) is 4.32. The average Bonchev–Trinajstić information content (AvgIpc) is 2.20. The Bertz CT molecular complexity index is 431. The van der Waals surface area contributed by atoms with E-state index < -0.39 is 0 Å². The smallest absolute Gasteiger partial charge is 0.139 e. The van der Waals surface area contributed by atoms with Crippen LogP contribution in [-0.2, 0) is 0 Å². The molecule has 1 aliphatic carbocycles. The molecule has 1 fully saturated rings. The lowest BCUT2D eigenvalue weighted by Gasteiger charge is -2.39. The molecule has 2 unspecified atom stereocenters. The topological polar surface area (TPSA) is 12.0 Å². The van der Waals surface area contributed by atoms with Crippen molar-refractivity contribution in [3.63, 3.8) is 0 Å². The maximum absolute atomic E-state index is 13.5. The summed E-state index contributed by atoms with van der Waals surface area (Å²) in [4.78, 5) is 0. The van der Waals surface area contributed by atoms with E-state index in [1.54, 1.807) is 12.1 Å². The fraction of sp³-hybridized carbons (Fsp3) is 0.600. The predicted octanol–water partition coefficient (Wildman–Crippen LogP) is 5.21. The molecule has 100 valence electrons. The van der Waals surface area contributed by atoms with Crippen molar-refractivity contribution in [3.8, 4) is 0 Å². The quantitative estimate of drug-likeness (QED) is 0.789. The summed E-state index contributed by atoms with van der Waals surface area (Å²) in [5, 5.41) is 3.47. The monoisotopic (exact) mass is 313 g/mol. The highest BCUT2D eigenvalue weighted by Gasteiger charge is 2.31. The predicted molar refractivity (Wildman–Crippen MR) is 78.3 cm³/mol. The first-order valence-electron chi connectivity index (χ1n) is 6.57. The molecule has 1 aliphatic rings. The molecule has 2 rings (SSSR count). The summed E-state index contributed by atoms with van der Waals surface area (Å²) in [7, 11) is 0. The van der Waals surface area contributed by atoms with E-state index in [2.05, 4.69) is 42.0 Å². The fourth-order valence-corrected chi connectivity index (χ4v) is 3.52. The first-order valence-corrected chi connectivity index (χ1v) is 7.37. The maximum atomic E-state index is 13.5. The van der Waals surface area contributed by atoms with E-state index in [4.69, 9.17) is 0 Å². The molecule has 1 nitrogen and oxygen atoms in total. The number of hydrogen-bond acceptors (Lipinski definition) is 1. The Labute approximate surface area is 117 Å². The lowest BCUT2D eigenvalue weighted by atomic mass is 9.70. The maximum Gasteiger partial charge on any atom is 0.139 e. The number of halogens is 2. The number of nitrogens with one attached hydrogen (secondary N) is 1. The van der Waals surface area contributed by atoms with Gasteiger partial charge in [-0.25, -0.2) is 4.39 Å². The first kappa shape index (κ1) is 13.9. The van der Waals surface area contributed by atoms with Crippen LogP contribution >= 0.6 is 15.9 Å². The Balaban J connectivity index is 2.06. The van der Waals surface area contributed by atoms with Crippen molar-refractivity contribution in [2.45, 2.75) is 46.1 Å². The second kappa shape index (κ2) is 5.20. The van der Waals surface area contributed by atoms with Gasteiger partial charge in [-0.3, -0.25) is 0 Å². The summed E-state index contributed by atoms with van der Waals surface area (Å²) in [6.45, 7) is 6.94. The molecule has 1 aromatic carbocycles. The van der Waals surface area contributed by atoms with E-state index in [0.717, 1.165) is 18.0 Å². The number of hydrogen-bond donors (Lipinski definition) is 1. The van der Waals surface area contributed by atoms with Crippen molar-refractivity contribution in [1.82, 2.24) is 0 Å². The van der Waals surface area contributed by atoms with Crippen LogP contribution in [0.2, 0.25) is 0 Å². The van der Waals surface area contributed by atoms with Gasteiger partial charge in [-0.15, -0.1) is 0 Å². The third-order valence-electron chi connectivity index (χ3n) is 3.68. The molecular weight excluding hydrogens is 293 g/mol. The van der Waals surface area contributed by atoms with E-state index in [9.17, 15) is 4.39 Å². The lowest BCUT2D eigenvalue weighted by Crippen LogP contribution is -2.35. The number of benzene rings is 1. The van der Waals surface area contributed by atoms with Gasteiger partial charge in [0.2, 0.25) is 0 Å². The highest BCUT2D eigenvalue weighted by molar-refractivity contribution is 9.10. The molecule has 0 amide bonds. The van der Waals surface area contributed by atoms with Gasteiger partial charge in [0.05, 0.1) is 4.47 Å². The van der Waals surface area contributed by atoms with Crippen LogP contribution in [0.5, 0.6) is 0 Å². The standard InChI is InChI=1S/C15H21BrFN/c1-10-6-12(9-15(2,3)8-10)18-11-4-5-13(16)14(17)7-11/h4-5,7,10,12,18H,6,8-9H2,1-3H3. The van der Waals surface area contributed by atoms with E-state index in [1.807, 2.05) is 6.07 Å². The van der Waals surface area contributed by atoms with Gasteiger partial charge in [-0.05, 0) is 64.7 Å². The molecular formula is C15H21BrFN. The Hall–Kier alpha value is -0.570.